The summed E-state index contributed by atoms with van der Waals surface area (Å²) in [6.07, 6.45) is 1.50. The topological polar surface area (TPSA) is 62.3 Å². The van der Waals surface area contributed by atoms with Crippen molar-refractivity contribution in [1.82, 2.24) is 9.88 Å². The van der Waals surface area contributed by atoms with Gasteiger partial charge in [-0.1, -0.05) is 17.7 Å². The van der Waals surface area contributed by atoms with Gasteiger partial charge in [-0.25, -0.2) is 0 Å². The fourth-order valence-corrected chi connectivity index (χ4v) is 2.92. The van der Waals surface area contributed by atoms with Gasteiger partial charge in [0, 0.05) is 30.5 Å². The van der Waals surface area contributed by atoms with Gasteiger partial charge in [0.05, 0.1) is 0 Å². The molecule has 25 heavy (non-hydrogen) atoms. The molecular formula is C20H25N3O2. The Bertz CT molecular complexity index is 772. The molecule has 0 saturated carbocycles. The first-order chi connectivity index (χ1) is 11.9. The second-order valence-electron chi connectivity index (χ2n) is 6.14. The molecule has 0 unspecified atom stereocenters. The van der Waals surface area contributed by atoms with Crippen LogP contribution in [0.3, 0.4) is 0 Å². The minimum absolute atomic E-state index is 0.164. The monoisotopic (exact) mass is 339 g/mol. The van der Waals surface area contributed by atoms with Crippen molar-refractivity contribution in [3.05, 3.63) is 58.4 Å². The molecule has 2 rings (SSSR count). The van der Waals surface area contributed by atoms with E-state index < -0.39 is 0 Å². The van der Waals surface area contributed by atoms with E-state index in [0.717, 1.165) is 22.4 Å². The van der Waals surface area contributed by atoms with E-state index in [-0.39, 0.29) is 17.5 Å². The number of carbonyl (C=O) groups excluding carboxylic acids is 2. The van der Waals surface area contributed by atoms with Crippen LogP contribution in [0.25, 0.3) is 0 Å². The van der Waals surface area contributed by atoms with Crippen molar-refractivity contribution in [3.8, 4) is 0 Å². The maximum absolute atomic E-state index is 12.6. The molecule has 2 aromatic rings. The molecule has 0 bridgehead atoms. The molecule has 0 aliphatic heterocycles. The number of nitrogens with zero attached hydrogens (tertiary/aromatic N) is 2. The van der Waals surface area contributed by atoms with Crippen LogP contribution < -0.4 is 5.32 Å². The van der Waals surface area contributed by atoms with E-state index in [2.05, 4.69) is 10.3 Å². The van der Waals surface area contributed by atoms with E-state index in [1.54, 1.807) is 17.0 Å². The van der Waals surface area contributed by atoms with Crippen LogP contribution in [0.15, 0.2) is 30.5 Å². The molecular weight excluding hydrogens is 314 g/mol. The molecule has 0 fully saturated rings. The molecule has 0 atom stereocenters. The highest BCUT2D eigenvalue weighted by Crippen LogP contribution is 2.22. The molecule has 0 aliphatic rings. The molecule has 5 nitrogen and oxygen atoms in total. The zero-order valence-corrected chi connectivity index (χ0v) is 15.5. The van der Waals surface area contributed by atoms with Crippen molar-refractivity contribution in [3.63, 3.8) is 0 Å². The Balaban J connectivity index is 2.26. The number of rotatable bonds is 5. The first kappa shape index (κ1) is 18.6. The van der Waals surface area contributed by atoms with Crippen LogP contribution in [0.1, 0.15) is 51.4 Å². The Hall–Kier alpha value is -2.69. The number of benzene rings is 1. The average molecular weight is 339 g/mol. The number of nitrogens with one attached hydrogen (secondary N) is 1. The van der Waals surface area contributed by atoms with Crippen LogP contribution in [0, 0.1) is 20.8 Å². The first-order valence-corrected chi connectivity index (χ1v) is 8.51. The van der Waals surface area contributed by atoms with E-state index in [4.69, 9.17) is 0 Å². The van der Waals surface area contributed by atoms with Gasteiger partial charge < -0.3 is 10.2 Å². The van der Waals surface area contributed by atoms with Crippen LogP contribution in [0.2, 0.25) is 0 Å². The van der Waals surface area contributed by atoms with Crippen molar-refractivity contribution in [2.45, 2.75) is 34.6 Å². The molecule has 0 radical (unpaired) electrons. The van der Waals surface area contributed by atoms with E-state index in [1.807, 2.05) is 46.8 Å². The number of hydrogen-bond acceptors (Lipinski definition) is 3. The summed E-state index contributed by atoms with van der Waals surface area (Å²) in [6, 6.07) is 7.23. The summed E-state index contributed by atoms with van der Waals surface area (Å²) >= 11 is 0. The van der Waals surface area contributed by atoms with Crippen LogP contribution in [-0.4, -0.2) is 34.8 Å². The zero-order valence-electron chi connectivity index (χ0n) is 15.5. The van der Waals surface area contributed by atoms with Gasteiger partial charge >= 0.3 is 0 Å². The Kier molecular flexibility index (Phi) is 5.91. The quantitative estimate of drug-likeness (QED) is 0.902. The molecule has 5 heteroatoms. The molecule has 1 aromatic heterocycles. The standard InChI is InChI=1S/C20H25N3O2/c1-6-23(7-2)20(25)17-12-16(8-9-21-17)19(24)22-18-14(4)10-13(3)11-15(18)5/h8-12H,6-7H2,1-5H3,(H,22,24). The number of pyridine rings is 1. The predicted molar refractivity (Wildman–Crippen MR) is 100 cm³/mol. The number of aromatic nitrogens is 1. The predicted octanol–water partition coefficient (Wildman–Crippen LogP) is 3.74. The molecule has 1 aromatic carbocycles. The minimum atomic E-state index is -0.244. The lowest BCUT2D eigenvalue weighted by molar-refractivity contribution is 0.0767. The SMILES string of the molecule is CCN(CC)C(=O)c1cc(C(=O)Nc2c(C)cc(C)cc2C)ccn1. The number of amides is 2. The molecule has 1 N–H and O–H groups in total. The van der Waals surface area contributed by atoms with E-state index in [1.165, 1.54) is 6.20 Å². The lowest BCUT2D eigenvalue weighted by Crippen LogP contribution is -2.31. The molecule has 0 saturated heterocycles. The summed E-state index contributed by atoms with van der Waals surface area (Å²) in [5, 5.41) is 2.95. The third-order valence-corrected chi connectivity index (χ3v) is 4.21. The summed E-state index contributed by atoms with van der Waals surface area (Å²) in [7, 11) is 0. The number of anilines is 1. The normalized spacial score (nSPS) is 10.4. The summed E-state index contributed by atoms with van der Waals surface area (Å²) in [6.45, 7) is 11.0. The highest BCUT2D eigenvalue weighted by atomic mass is 16.2. The van der Waals surface area contributed by atoms with Gasteiger partial charge in [-0.05, 0) is 57.9 Å². The number of carbonyl (C=O) groups is 2. The number of hydrogen-bond donors (Lipinski definition) is 1. The van der Waals surface area contributed by atoms with Gasteiger partial charge in [0.25, 0.3) is 11.8 Å². The first-order valence-electron chi connectivity index (χ1n) is 8.51. The highest BCUT2D eigenvalue weighted by molar-refractivity contribution is 6.06. The second-order valence-corrected chi connectivity index (χ2v) is 6.14. The number of aryl methyl sites for hydroxylation is 3. The van der Waals surface area contributed by atoms with E-state index in [9.17, 15) is 9.59 Å². The highest BCUT2D eigenvalue weighted by Gasteiger charge is 2.17. The van der Waals surface area contributed by atoms with Gasteiger partial charge in [0.15, 0.2) is 0 Å². The Morgan fingerprint density at radius 3 is 2.20 bits per heavy atom. The summed E-state index contributed by atoms with van der Waals surface area (Å²) in [4.78, 5) is 30.8. The average Bonchev–Trinajstić information content (AvgIpc) is 2.59. The summed E-state index contributed by atoms with van der Waals surface area (Å²) in [5.74, 6) is -0.409. The molecule has 0 spiro atoms. The van der Waals surface area contributed by atoms with E-state index >= 15 is 0 Å². The lowest BCUT2D eigenvalue weighted by Gasteiger charge is -2.18. The minimum Gasteiger partial charge on any atom is -0.338 e. The molecule has 0 aliphatic carbocycles. The Labute approximate surface area is 149 Å². The molecule has 132 valence electrons. The summed E-state index contributed by atoms with van der Waals surface area (Å²) < 4.78 is 0. The molecule has 2 amide bonds. The van der Waals surface area contributed by atoms with Crippen LogP contribution in [0.4, 0.5) is 5.69 Å². The van der Waals surface area contributed by atoms with Crippen molar-refractivity contribution < 1.29 is 9.59 Å². The maximum atomic E-state index is 12.6. The van der Waals surface area contributed by atoms with Gasteiger partial charge in [-0.3, -0.25) is 14.6 Å². The molecule has 1 heterocycles. The van der Waals surface area contributed by atoms with Gasteiger partial charge in [0.2, 0.25) is 0 Å². The van der Waals surface area contributed by atoms with Crippen molar-refractivity contribution in [2.75, 3.05) is 18.4 Å². The second kappa shape index (κ2) is 7.92. The fourth-order valence-electron chi connectivity index (χ4n) is 2.92. The zero-order chi connectivity index (χ0) is 18.6. The smallest absolute Gasteiger partial charge is 0.272 e. The van der Waals surface area contributed by atoms with Crippen LogP contribution >= 0.6 is 0 Å². The van der Waals surface area contributed by atoms with Crippen LogP contribution in [-0.2, 0) is 0 Å². The Morgan fingerprint density at radius 1 is 1.04 bits per heavy atom. The third-order valence-electron chi connectivity index (χ3n) is 4.21. The van der Waals surface area contributed by atoms with Gasteiger partial charge in [-0.15, -0.1) is 0 Å². The largest absolute Gasteiger partial charge is 0.338 e. The van der Waals surface area contributed by atoms with Crippen molar-refractivity contribution in [2.24, 2.45) is 0 Å². The van der Waals surface area contributed by atoms with Crippen molar-refractivity contribution in [1.29, 1.82) is 0 Å². The van der Waals surface area contributed by atoms with E-state index in [0.29, 0.717) is 18.7 Å². The maximum Gasteiger partial charge on any atom is 0.272 e. The summed E-state index contributed by atoms with van der Waals surface area (Å²) in [5.41, 5.74) is 4.70. The Morgan fingerprint density at radius 2 is 1.64 bits per heavy atom. The van der Waals surface area contributed by atoms with Gasteiger partial charge in [-0.2, -0.15) is 0 Å². The van der Waals surface area contributed by atoms with Gasteiger partial charge in [0.1, 0.15) is 5.69 Å². The fraction of sp³-hybridized carbons (Fsp3) is 0.350. The van der Waals surface area contributed by atoms with Crippen molar-refractivity contribution >= 4 is 17.5 Å². The van der Waals surface area contributed by atoms with Crippen LogP contribution in [0.5, 0.6) is 0 Å². The third kappa shape index (κ3) is 4.24. The lowest BCUT2D eigenvalue weighted by atomic mass is 10.0.